The largest absolute Gasteiger partial charge is 0.474 e. The molecule has 0 radical (unpaired) electrons. The van der Waals surface area contributed by atoms with Crippen LogP contribution in [0.5, 0.6) is 5.88 Å². The van der Waals surface area contributed by atoms with Crippen LogP contribution in [0.4, 0.5) is 25.8 Å². The van der Waals surface area contributed by atoms with Crippen LogP contribution in [0.1, 0.15) is 48.9 Å². The van der Waals surface area contributed by atoms with Crippen LogP contribution in [0.15, 0.2) is 30.3 Å². The second-order valence-corrected chi connectivity index (χ2v) is 14.1. The number of nitrogens with zero attached hydrogens (tertiary/aromatic N) is 5. The van der Waals surface area contributed by atoms with Crippen molar-refractivity contribution in [3.63, 3.8) is 0 Å². The normalized spacial score (nSPS) is 29.9. The second-order valence-electron chi connectivity index (χ2n) is 14.1. The molecule has 3 aromatic rings. The number of alkyl halides is 1. The van der Waals surface area contributed by atoms with Crippen LogP contribution in [0.3, 0.4) is 0 Å². The van der Waals surface area contributed by atoms with E-state index in [9.17, 15) is 13.6 Å². The summed E-state index contributed by atoms with van der Waals surface area (Å²) < 4.78 is 36.3. The van der Waals surface area contributed by atoms with E-state index in [1.807, 2.05) is 25.2 Å². The minimum atomic E-state index is -0.859. The topological polar surface area (TPSA) is 64.2 Å². The van der Waals surface area contributed by atoms with Gasteiger partial charge in [-0.1, -0.05) is 24.1 Å². The Morgan fingerprint density at radius 1 is 1.17 bits per heavy atom. The third-order valence-electron chi connectivity index (χ3n) is 11.6. The first-order valence-corrected chi connectivity index (χ1v) is 16.7. The van der Waals surface area contributed by atoms with Gasteiger partial charge in [-0.15, -0.1) is 6.42 Å². The maximum absolute atomic E-state index is 14.9. The molecular weight excluding hydrogens is 586 g/mol. The molecule has 2 aromatic carbocycles. The molecule has 0 saturated carbocycles. The zero-order chi connectivity index (χ0) is 31.3. The molecule has 9 rings (SSSR count). The molecular formula is C36H38F2N6O2. The molecule has 4 fully saturated rings. The minimum absolute atomic E-state index is 0.0549. The van der Waals surface area contributed by atoms with Crippen LogP contribution in [0.25, 0.3) is 10.8 Å². The molecule has 7 heterocycles. The Bertz CT molecular complexity index is 1830. The van der Waals surface area contributed by atoms with Gasteiger partial charge in [0.15, 0.2) is 0 Å². The molecule has 8 nitrogen and oxygen atoms in total. The van der Waals surface area contributed by atoms with Crippen LogP contribution >= 0.6 is 0 Å². The number of amides is 1. The third kappa shape index (κ3) is 4.04. The van der Waals surface area contributed by atoms with Gasteiger partial charge in [0.05, 0.1) is 29.0 Å². The summed E-state index contributed by atoms with van der Waals surface area (Å²) in [6.45, 7) is 3.60. The van der Waals surface area contributed by atoms with Crippen molar-refractivity contribution in [3.05, 3.63) is 53.0 Å². The number of terminal acetylenes is 1. The van der Waals surface area contributed by atoms with Gasteiger partial charge in [0.2, 0.25) is 5.88 Å². The summed E-state index contributed by atoms with van der Waals surface area (Å²) in [5.74, 6) is 2.67. The molecule has 5 atom stereocenters. The lowest BCUT2D eigenvalue weighted by atomic mass is 9.92. The predicted octanol–water partition coefficient (Wildman–Crippen LogP) is 4.16. The Morgan fingerprint density at radius 3 is 2.93 bits per heavy atom. The second kappa shape index (κ2) is 10.3. The SMILES string of the molecule is C#Cc1c(F)ccc2cccc(N3CCc4c(nc(OC[C@@]56CCCN5C[C@H](F)C6)c5c4N4CC6CCC(N6)C4C(=O)N5C)C3)c12. The van der Waals surface area contributed by atoms with Crippen molar-refractivity contribution in [1.82, 2.24) is 15.2 Å². The van der Waals surface area contributed by atoms with Crippen LogP contribution < -0.4 is 24.8 Å². The maximum Gasteiger partial charge on any atom is 0.251 e. The molecule has 1 aromatic heterocycles. The lowest BCUT2D eigenvalue weighted by molar-refractivity contribution is -0.120. The Labute approximate surface area is 267 Å². The Balaban J connectivity index is 1.16. The summed E-state index contributed by atoms with van der Waals surface area (Å²) in [5.41, 5.74) is 4.60. The molecule has 0 spiro atoms. The van der Waals surface area contributed by atoms with Crippen molar-refractivity contribution >= 4 is 33.7 Å². The first-order chi connectivity index (χ1) is 22.3. The van der Waals surface area contributed by atoms with Crippen LogP contribution in [0.2, 0.25) is 0 Å². The van der Waals surface area contributed by atoms with E-state index in [1.165, 1.54) is 6.07 Å². The van der Waals surface area contributed by atoms with Gasteiger partial charge in [-0.2, -0.15) is 0 Å². The Morgan fingerprint density at radius 2 is 2.07 bits per heavy atom. The molecule has 1 N–H and O–H groups in total. The van der Waals surface area contributed by atoms with Gasteiger partial charge >= 0.3 is 0 Å². The van der Waals surface area contributed by atoms with E-state index >= 15 is 0 Å². The van der Waals surface area contributed by atoms with E-state index in [1.54, 1.807) is 11.0 Å². The number of anilines is 3. The average molecular weight is 625 g/mol. The van der Waals surface area contributed by atoms with Gasteiger partial charge < -0.3 is 24.8 Å². The van der Waals surface area contributed by atoms with Crippen molar-refractivity contribution in [1.29, 1.82) is 0 Å². The van der Waals surface area contributed by atoms with Crippen molar-refractivity contribution in [2.24, 2.45) is 0 Å². The summed E-state index contributed by atoms with van der Waals surface area (Å²) in [4.78, 5) is 27.8. The number of pyridine rings is 1. The molecule has 3 unspecified atom stereocenters. The summed E-state index contributed by atoms with van der Waals surface area (Å²) >= 11 is 0. The highest BCUT2D eigenvalue weighted by atomic mass is 19.1. The van der Waals surface area contributed by atoms with Crippen LogP contribution in [-0.2, 0) is 17.8 Å². The fraction of sp³-hybridized carbons (Fsp3) is 0.500. The molecule has 4 saturated heterocycles. The number of rotatable bonds is 4. The van der Waals surface area contributed by atoms with E-state index in [-0.39, 0.29) is 29.1 Å². The number of carbonyl (C=O) groups is 1. The molecule has 6 aliphatic heterocycles. The highest BCUT2D eigenvalue weighted by Crippen LogP contribution is 2.50. The number of hydrogen-bond donors (Lipinski definition) is 1. The molecule has 238 valence electrons. The summed E-state index contributed by atoms with van der Waals surface area (Å²) in [6, 6.07) is 9.30. The number of aromatic nitrogens is 1. The van der Waals surface area contributed by atoms with Gasteiger partial charge in [-0.3, -0.25) is 9.69 Å². The number of hydrogen-bond acceptors (Lipinski definition) is 7. The first kappa shape index (κ1) is 28.3. The summed E-state index contributed by atoms with van der Waals surface area (Å²) in [6.07, 6.45) is 10.1. The highest BCUT2D eigenvalue weighted by molar-refractivity contribution is 6.08. The predicted molar refractivity (Wildman–Crippen MR) is 174 cm³/mol. The maximum atomic E-state index is 14.9. The number of fused-ring (bicyclic) bond motifs is 10. The van der Waals surface area contributed by atoms with Crippen molar-refractivity contribution < 1.29 is 18.3 Å². The first-order valence-electron chi connectivity index (χ1n) is 16.7. The van der Waals surface area contributed by atoms with E-state index in [0.717, 1.165) is 77.9 Å². The van der Waals surface area contributed by atoms with Gasteiger partial charge in [0.25, 0.3) is 5.91 Å². The zero-order valence-electron chi connectivity index (χ0n) is 26.1. The Hall–Kier alpha value is -3.94. The van der Waals surface area contributed by atoms with Crippen LogP contribution in [0, 0.1) is 18.2 Å². The quantitative estimate of drug-likeness (QED) is 0.438. The summed E-state index contributed by atoms with van der Waals surface area (Å²) in [7, 11) is 1.84. The molecule has 1 amide bonds. The fourth-order valence-corrected chi connectivity index (χ4v) is 9.49. The molecule has 2 bridgehead atoms. The molecule has 0 aliphatic carbocycles. The van der Waals surface area contributed by atoms with E-state index in [2.05, 4.69) is 25.9 Å². The minimum Gasteiger partial charge on any atom is -0.474 e. The van der Waals surface area contributed by atoms with E-state index in [0.29, 0.717) is 51.0 Å². The number of benzene rings is 2. The van der Waals surface area contributed by atoms with Crippen molar-refractivity contribution in [3.8, 4) is 18.2 Å². The fourth-order valence-electron chi connectivity index (χ4n) is 9.49. The number of piperazine rings is 1. The smallest absolute Gasteiger partial charge is 0.251 e. The van der Waals surface area contributed by atoms with Crippen molar-refractivity contribution in [2.45, 2.75) is 74.9 Å². The zero-order valence-corrected chi connectivity index (χ0v) is 26.1. The lowest BCUT2D eigenvalue weighted by Gasteiger charge is -2.49. The lowest BCUT2D eigenvalue weighted by Crippen LogP contribution is -2.66. The standard InChI is InChI=1S/C36H38F2N6O2/c1-3-24-26(38)10-8-21-6-4-7-29(30(21)24)42-15-12-25-28(19-42)40-34(46-20-36-13-5-14-43(36)17-22(37)16-36)33-31(25)44-18-23-9-11-27(39-23)32(44)35(45)41(33)2/h1,4,6-8,10,22-23,27,32,39H,5,9,11-20H2,2H3/t22-,23?,27?,32?,36+/m1/s1. The number of ether oxygens (including phenoxy) is 1. The number of likely N-dealkylation sites (N-methyl/N-ethyl adjacent to an activating group) is 1. The number of carbonyl (C=O) groups excluding carboxylic acids is 1. The van der Waals surface area contributed by atoms with Crippen molar-refractivity contribution in [2.75, 3.05) is 54.5 Å². The Kier molecular flexibility index (Phi) is 6.32. The van der Waals surface area contributed by atoms with E-state index < -0.39 is 12.0 Å². The van der Waals surface area contributed by atoms with E-state index in [4.69, 9.17) is 16.1 Å². The number of nitrogens with one attached hydrogen (secondary N) is 1. The molecule has 10 heteroatoms. The van der Waals surface area contributed by atoms with Gasteiger partial charge in [-0.25, -0.2) is 13.8 Å². The van der Waals surface area contributed by atoms with Crippen LogP contribution in [-0.4, -0.2) is 85.5 Å². The summed E-state index contributed by atoms with van der Waals surface area (Å²) in [5, 5.41) is 5.31. The highest BCUT2D eigenvalue weighted by Gasteiger charge is 2.52. The number of halogens is 2. The molecule has 46 heavy (non-hydrogen) atoms. The third-order valence-corrected chi connectivity index (χ3v) is 11.6. The van der Waals surface area contributed by atoms with Gasteiger partial charge in [0.1, 0.15) is 30.3 Å². The average Bonchev–Trinajstić information content (AvgIpc) is 3.72. The molecule has 6 aliphatic rings. The van der Waals surface area contributed by atoms with Gasteiger partial charge in [-0.05, 0) is 56.2 Å². The van der Waals surface area contributed by atoms with Gasteiger partial charge in [0, 0.05) is 61.8 Å². The monoisotopic (exact) mass is 624 g/mol.